The van der Waals surface area contributed by atoms with Gasteiger partial charge >= 0.3 is 278 Å². The molecule has 0 aromatic heterocycles. The molecule has 0 N–H and O–H groups in total. The van der Waals surface area contributed by atoms with Crippen LogP contribution in [0.2, 0.25) is 8.65 Å². The molecule has 0 radical (unpaired) electrons. The topological polar surface area (TPSA) is 0 Å². The summed E-state index contributed by atoms with van der Waals surface area (Å²) < 4.78 is 3.45. The van der Waals surface area contributed by atoms with E-state index in [4.69, 9.17) is 11.6 Å². The zero-order chi connectivity index (χ0) is 29.9. The van der Waals surface area contributed by atoms with Crippen LogP contribution in [0.25, 0.3) is 43.4 Å². The van der Waals surface area contributed by atoms with Crippen molar-refractivity contribution in [3.8, 4) is 11.1 Å². The maximum atomic E-state index is 6.77. The maximum Gasteiger partial charge on any atom is -1.00 e. The van der Waals surface area contributed by atoms with Gasteiger partial charge in [-0.1, -0.05) is 0 Å². The van der Waals surface area contributed by atoms with E-state index >= 15 is 0 Å². The Balaban J connectivity index is 0.00000176. The molecule has 0 atom stereocenters. The third kappa shape index (κ3) is 5.29. The number of halogens is 3. The van der Waals surface area contributed by atoms with E-state index in [1.165, 1.54) is 68.9 Å². The Kier molecular flexibility index (Phi) is 8.95. The Labute approximate surface area is 300 Å². The first kappa shape index (κ1) is 32.0. The molecule has 0 heterocycles. The molecular weight excluding hydrogens is 714 g/mol. The number of hydrogen-bond acceptors (Lipinski definition) is 0. The second-order valence-electron chi connectivity index (χ2n) is 12.1. The summed E-state index contributed by atoms with van der Waals surface area (Å²) in [6.07, 6.45) is 10.4. The minimum Gasteiger partial charge on any atom is -1.00 e. The van der Waals surface area contributed by atoms with Crippen LogP contribution in [0, 0.1) is 0 Å². The zero-order valence-corrected chi connectivity index (χ0v) is 30.2. The third-order valence-corrected chi connectivity index (χ3v) is 17.6. The number of fused-ring (bicyclic) bond motifs is 9. The van der Waals surface area contributed by atoms with Crippen LogP contribution in [0.4, 0.5) is 0 Å². The van der Waals surface area contributed by atoms with E-state index in [1.807, 2.05) is 6.07 Å². The Morgan fingerprint density at radius 2 is 1.28 bits per heavy atom. The largest absolute Gasteiger partial charge is 1.00 e. The summed E-state index contributed by atoms with van der Waals surface area (Å²) in [5.41, 5.74) is 8.33. The number of rotatable bonds is 4. The van der Waals surface area contributed by atoms with Crippen LogP contribution >= 0.6 is 11.6 Å². The van der Waals surface area contributed by atoms with Gasteiger partial charge in [-0.2, -0.15) is 0 Å². The van der Waals surface area contributed by atoms with Crippen molar-refractivity contribution < 1.29 is 46.1 Å². The summed E-state index contributed by atoms with van der Waals surface area (Å²) in [5.74, 6) is 0. The average Bonchev–Trinajstić information content (AvgIpc) is 3.76. The van der Waals surface area contributed by atoms with Crippen molar-refractivity contribution in [2.24, 2.45) is 0 Å². The van der Waals surface area contributed by atoms with E-state index in [2.05, 4.69) is 152 Å². The first-order chi connectivity index (χ1) is 22.3. The predicted octanol–water partition coefficient (Wildman–Crippen LogP) is 4.81. The smallest absolute Gasteiger partial charge is 1.00 e. The molecule has 0 spiro atoms. The van der Waals surface area contributed by atoms with Gasteiger partial charge in [-0.25, -0.2) is 0 Å². The molecular formula is C43H29Cl3Zr. The maximum absolute atomic E-state index is 6.77. The van der Waals surface area contributed by atoms with Gasteiger partial charge in [0.25, 0.3) is 0 Å². The SMILES string of the molecule is Clc1cccc([C](c2cccc3ccccc23)=[Zr+2]([c]2cccc3c2c2c(c4ccccc43)-c3ccccc3C2)[CH]2C=CC=C2)c1.[Cl-].[Cl-]. The summed E-state index contributed by atoms with van der Waals surface area (Å²) in [6, 6.07) is 49.5. The van der Waals surface area contributed by atoms with Crippen LogP contribution in [0.3, 0.4) is 0 Å². The summed E-state index contributed by atoms with van der Waals surface area (Å²) in [7, 11) is 0. The van der Waals surface area contributed by atoms with Gasteiger partial charge in [0.2, 0.25) is 0 Å². The van der Waals surface area contributed by atoms with Crippen molar-refractivity contribution in [3.63, 3.8) is 0 Å². The fraction of sp³-hybridized carbons (Fsp3) is 0.0465. The van der Waals surface area contributed by atoms with Crippen LogP contribution in [0.15, 0.2) is 158 Å². The molecule has 0 unspecified atom stereocenters. The van der Waals surface area contributed by atoms with Crippen molar-refractivity contribution in [2.45, 2.75) is 10.0 Å². The fourth-order valence-electron chi connectivity index (χ4n) is 7.79. The Bertz CT molecular complexity index is 2420. The molecule has 0 amide bonds. The molecule has 0 saturated carbocycles. The van der Waals surface area contributed by atoms with E-state index < -0.39 is 21.3 Å². The summed E-state index contributed by atoms with van der Waals surface area (Å²) in [6.45, 7) is 0. The van der Waals surface area contributed by atoms with Gasteiger partial charge < -0.3 is 24.8 Å². The molecule has 9 rings (SSSR count). The molecule has 7 aromatic carbocycles. The monoisotopic (exact) mass is 740 g/mol. The summed E-state index contributed by atoms with van der Waals surface area (Å²) in [4.78, 5) is 0. The van der Waals surface area contributed by atoms with Crippen LogP contribution in [-0.2, 0) is 27.7 Å². The first-order valence-corrected chi connectivity index (χ1v) is 19.9. The fourth-order valence-corrected chi connectivity index (χ4v) is 16.3. The van der Waals surface area contributed by atoms with Gasteiger partial charge in [0, 0.05) is 0 Å². The number of allylic oxidation sites excluding steroid dienone is 4. The minimum atomic E-state index is -2.88. The van der Waals surface area contributed by atoms with Gasteiger partial charge in [0.05, 0.1) is 0 Å². The predicted molar refractivity (Wildman–Crippen MR) is 190 cm³/mol. The van der Waals surface area contributed by atoms with E-state index in [1.54, 1.807) is 3.27 Å². The standard InChI is InChI=1S/C21H13.C17H11Cl.C5H5.2ClH.Zr/c1-2-8-15-14(7-1)13-20-18-11-4-3-9-16(18)17-10-5-6-12-19(17)21(15)20;18-16-9-3-5-13(12-16)11-15-8-4-7-14-6-1-2-10-17(14)15;1-2-4-5-3-1;;;/h1-10,12H,13H2;1-10,12H;1-5H;2*1H;/q;;;;;+2/p-2. The molecule has 4 heteroatoms. The van der Waals surface area contributed by atoms with Crippen LogP contribution in [-0.4, -0.2) is 3.21 Å². The van der Waals surface area contributed by atoms with Crippen molar-refractivity contribution in [1.29, 1.82) is 0 Å². The van der Waals surface area contributed by atoms with E-state index in [0.29, 0.717) is 3.63 Å². The third-order valence-electron chi connectivity index (χ3n) is 9.62. The summed E-state index contributed by atoms with van der Waals surface area (Å²) in [5, 5.41) is 8.93. The molecule has 47 heavy (non-hydrogen) atoms. The molecule has 7 aromatic rings. The van der Waals surface area contributed by atoms with Crippen LogP contribution in [0.5, 0.6) is 0 Å². The number of benzene rings is 7. The van der Waals surface area contributed by atoms with Crippen molar-refractivity contribution in [1.82, 2.24) is 0 Å². The molecule has 0 bridgehead atoms. The van der Waals surface area contributed by atoms with E-state index in [9.17, 15) is 0 Å². The molecule has 2 aliphatic carbocycles. The van der Waals surface area contributed by atoms with Gasteiger partial charge in [-0.15, -0.1) is 0 Å². The normalized spacial score (nSPS) is 13.3. The van der Waals surface area contributed by atoms with E-state index in [0.717, 1.165) is 11.4 Å². The summed E-state index contributed by atoms with van der Waals surface area (Å²) >= 11 is 3.89. The Hall–Kier alpha value is -3.58. The Morgan fingerprint density at radius 1 is 0.617 bits per heavy atom. The quantitative estimate of drug-likeness (QED) is 0.228. The molecule has 0 nitrogen and oxygen atoms in total. The van der Waals surface area contributed by atoms with Crippen LogP contribution in [0.1, 0.15) is 22.3 Å². The van der Waals surface area contributed by atoms with Gasteiger partial charge in [0.1, 0.15) is 0 Å². The van der Waals surface area contributed by atoms with Gasteiger partial charge in [0.15, 0.2) is 0 Å². The minimum absolute atomic E-state index is 0. The molecule has 226 valence electrons. The van der Waals surface area contributed by atoms with Crippen LogP contribution < -0.4 is 28.1 Å². The zero-order valence-electron chi connectivity index (χ0n) is 25.4. The second-order valence-corrected chi connectivity index (χ2v) is 18.7. The molecule has 0 fully saturated rings. The Morgan fingerprint density at radius 3 is 2.11 bits per heavy atom. The van der Waals surface area contributed by atoms with Gasteiger partial charge in [-0.3, -0.25) is 0 Å². The van der Waals surface area contributed by atoms with Crippen molar-refractivity contribution in [3.05, 3.63) is 185 Å². The van der Waals surface area contributed by atoms with E-state index in [-0.39, 0.29) is 24.8 Å². The average molecular weight is 743 g/mol. The number of hydrogen-bond donors (Lipinski definition) is 0. The molecule has 0 aliphatic heterocycles. The molecule has 2 aliphatic rings. The molecule has 0 saturated heterocycles. The first-order valence-electron chi connectivity index (χ1n) is 15.6. The van der Waals surface area contributed by atoms with Gasteiger partial charge in [-0.05, 0) is 0 Å². The van der Waals surface area contributed by atoms with Crippen molar-refractivity contribution >= 4 is 50.4 Å². The second kappa shape index (κ2) is 13.1. The van der Waals surface area contributed by atoms with Crippen molar-refractivity contribution in [2.75, 3.05) is 0 Å².